The first kappa shape index (κ1) is 88.9. The lowest BCUT2D eigenvalue weighted by Gasteiger charge is -2.42. The van der Waals surface area contributed by atoms with Crippen molar-refractivity contribution in [3.05, 3.63) is 35.9 Å². The van der Waals surface area contributed by atoms with E-state index in [2.05, 4.69) is 37.2 Å². The monoisotopic (exact) mass is 1470 g/mol. The second-order valence-corrected chi connectivity index (χ2v) is 24.8. The lowest BCUT2D eigenvalue weighted by atomic mass is 9.90. The number of aliphatic hydroxyl groups is 9. The zero-order valence-electron chi connectivity index (χ0n) is 58.8. The Hall–Kier alpha value is -5.53. The number of carbonyl (C=O) groups is 7. The van der Waals surface area contributed by atoms with E-state index < -0.39 is 141 Å². The van der Waals surface area contributed by atoms with Gasteiger partial charge in [-0.05, 0) is 44.1 Å². The number of nitrogens with one attached hydrogen (secondary N) is 7. The Morgan fingerprint density at radius 1 is 0.392 bits per heavy atom. The van der Waals surface area contributed by atoms with Gasteiger partial charge >= 0.3 is 6.09 Å². The van der Waals surface area contributed by atoms with Gasteiger partial charge in [-0.1, -0.05) is 30.3 Å². The number of hydrogen-bond acceptors (Lipinski definition) is 29. The molecule has 0 aliphatic carbocycles. The van der Waals surface area contributed by atoms with Crippen LogP contribution in [0.25, 0.3) is 0 Å². The number of benzene rings is 1. The van der Waals surface area contributed by atoms with Crippen LogP contribution in [0.2, 0.25) is 0 Å². The highest BCUT2D eigenvalue weighted by atomic mass is 16.6. The van der Waals surface area contributed by atoms with Crippen molar-refractivity contribution in [2.75, 3.05) is 158 Å². The molecule has 0 aromatic heterocycles. The summed E-state index contributed by atoms with van der Waals surface area (Å²) < 4.78 is 74.6. The number of hydrogen-bond donors (Lipinski definition) is 16. The normalized spacial score (nSPS) is 25.0. The Morgan fingerprint density at radius 3 is 0.990 bits per heavy atom. The minimum atomic E-state index is -1.51. The molecule has 3 saturated heterocycles. The quantitative estimate of drug-likeness (QED) is 0.0271. The van der Waals surface area contributed by atoms with E-state index in [-0.39, 0.29) is 182 Å². The Balaban J connectivity index is 1.22. The molecule has 3 aliphatic heterocycles. The van der Waals surface area contributed by atoms with Gasteiger partial charge in [-0.3, -0.25) is 28.8 Å². The fraction of sp³-hybridized carbons (Fsp3) is 0.803. The number of amides is 7. The maximum Gasteiger partial charge on any atom is 0.408 e. The predicted molar refractivity (Wildman–Crippen MR) is 357 cm³/mol. The average Bonchev–Trinajstić information content (AvgIpc) is 0.813. The molecule has 586 valence electrons. The first-order valence-electron chi connectivity index (χ1n) is 34.8. The van der Waals surface area contributed by atoms with Crippen LogP contribution >= 0.6 is 0 Å². The highest BCUT2D eigenvalue weighted by molar-refractivity contribution is 5.77. The molecule has 0 saturated carbocycles. The maximum absolute atomic E-state index is 13.6. The molecular weight excluding hydrogens is 1350 g/mol. The molecule has 3 fully saturated rings. The standard InChI is InChI=1S/C66H113N7O29/c1-43(77)70-56-47(100-50(36-74)59(83)62(56)86)12-7-21-90-30-33-93-27-18-67-53(80)15-24-96-40-66(73-65(89)99-39-46-10-5-4-6-11-46,41-97-25-16-54(81)68-19-28-94-34-31-91-22-8-13-48-57(71-44(2)78)63(87)60(84)51(37-75)101-48)42-98-26-17-55(82)69-20-29-95-35-32-92-23-9-14-49-58(72-45(3)79)64(88)61(85)52(38-76)102-49/h4-6,10-11,47-52,56-64,74-76,83-88H,7-9,12-42H2,1-3H3,(H,67,80)(H,68,81)(H,69,82)(H,70,77)(H,71,78)(H,72,79)(H,73,89)/t47-,48-,49-,50-,51-,52-,56+,57+,58+,59+,60+,61+,62-,63-,64-/m1/s1. The third kappa shape index (κ3) is 35.0. The Bertz CT molecular complexity index is 2290. The van der Waals surface area contributed by atoms with E-state index in [0.717, 1.165) is 0 Å². The molecule has 16 N–H and O–H groups in total. The Kier molecular flexibility index (Phi) is 45.0. The molecule has 0 radical (unpaired) electrons. The largest absolute Gasteiger partial charge is 0.445 e. The summed E-state index contributed by atoms with van der Waals surface area (Å²) in [5.74, 6) is -2.35. The molecule has 0 spiro atoms. The van der Waals surface area contributed by atoms with Gasteiger partial charge in [-0.2, -0.15) is 0 Å². The Labute approximate surface area is 594 Å². The molecule has 36 nitrogen and oxygen atoms in total. The van der Waals surface area contributed by atoms with Crippen molar-refractivity contribution in [1.82, 2.24) is 37.2 Å². The zero-order valence-corrected chi connectivity index (χ0v) is 58.8. The third-order valence-electron chi connectivity index (χ3n) is 16.5. The molecule has 1 aromatic carbocycles. The summed E-state index contributed by atoms with van der Waals surface area (Å²) in [5.41, 5.74) is -0.808. The highest BCUT2D eigenvalue weighted by Gasteiger charge is 2.47. The van der Waals surface area contributed by atoms with Crippen LogP contribution < -0.4 is 37.2 Å². The number of rotatable bonds is 54. The molecule has 102 heavy (non-hydrogen) atoms. The van der Waals surface area contributed by atoms with Crippen LogP contribution in [0.1, 0.15) is 84.1 Å². The van der Waals surface area contributed by atoms with Crippen LogP contribution in [-0.4, -0.2) is 343 Å². The van der Waals surface area contributed by atoms with Crippen molar-refractivity contribution in [2.45, 2.75) is 182 Å². The van der Waals surface area contributed by atoms with E-state index in [4.69, 9.17) is 61.6 Å². The smallest absolute Gasteiger partial charge is 0.408 e. The van der Waals surface area contributed by atoms with Crippen LogP contribution in [0.15, 0.2) is 30.3 Å². The van der Waals surface area contributed by atoms with E-state index in [9.17, 15) is 79.5 Å². The van der Waals surface area contributed by atoms with Crippen molar-refractivity contribution < 1.29 is 141 Å². The molecular formula is C66H113N7O29. The molecule has 1 aromatic rings. The van der Waals surface area contributed by atoms with Gasteiger partial charge in [0.2, 0.25) is 35.4 Å². The molecule has 4 rings (SSSR count). The van der Waals surface area contributed by atoms with Gasteiger partial charge in [-0.15, -0.1) is 0 Å². The van der Waals surface area contributed by atoms with Gasteiger partial charge in [0.25, 0.3) is 0 Å². The summed E-state index contributed by atoms with van der Waals surface area (Å²) in [6.45, 7) is 4.08. The first-order valence-corrected chi connectivity index (χ1v) is 34.8. The van der Waals surface area contributed by atoms with Crippen molar-refractivity contribution in [2.24, 2.45) is 0 Å². The lowest BCUT2D eigenvalue weighted by molar-refractivity contribution is -0.197. The van der Waals surface area contributed by atoms with E-state index in [1.54, 1.807) is 24.3 Å². The summed E-state index contributed by atoms with van der Waals surface area (Å²) in [6.07, 6.45) is -11.9. The Morgan fingerprint density at radius 2 is 0.696 bits per heavy atom. The summed E-state index contributed by atoms with van der Waals surface area (Å²) in [4.78, 5) is 87.6. The van der Waals surface area contributed by atoms with Crippen LogP contribution in [0.5, 0.6) is 0 Å². The van der Waals surface area contributed by atoms with Crippen molar-refractivity contribution in [1.29, 1.82) is 0 Å². The van der Waals surface area contributed by atoms with E-state index in [1.807, 2.05) is 6.07 Å². The van der Waals surface area contributed by atoms with Crippen LogP contribution in [-0.2, 0) is 97.0 Å². The lowest BCUT2D eigenvalue weighted by Crippen LogP contribution is -2.63. The van der Waals surface area contributed by atoms with Crippen LogP contribution in [0.3, 0.4) is 0 Å². The average molecular weight is 1470 g/mol. The van der Waals surface area contributed by atoms with Gasteiger partial charge in [0.15, 0.2) is 0 Å². The molecule has 15 atom stereocenters. The van der Waals surface area contributed by atoms with Gasteiger partial charge in [0.05, 0.1) is 155 Å². The minimum Gasteiger partial charge on any atom is -0.445 e. The van der Waals surface area contributed by atoms with E-state index in [0.29, 0.717) is 44.1 Å². The van der Waals surface area contributed by atoms with Gasteiger partial charge in [0.1, 0.15) is 67.1 Å². The second-order valence-electron chi connectivity index (χ2n) is 24.8. The molecule has 0 unspecified atom stereocenters. The molecule has 3 heterocycles. The van der Waals surface area contributed by atoms with Crippen LogP contribution in [0.4, 0.5) is 4.79 Å². The number of aliphatic hydroxyl groups excluding tert-OH is 9. The number of ether oxygens (including phenoxy) is 13. The number of carbonyl (C=O) groups excluding carboxylic acids is 7. The summed E-state index contributed by atoms with van der Waals surface area (Å²) in [7, 11) is 0. The molecule has 3 aliphatic rings. The topological polar surface area (TPSA) is 506 Å². The van der Waals surface area contributed by atoms with Crippen molar-refractivity contribution in [3.8, 4) is 0 Å². The predicted octanol–water partition coefficient (Wildman–Crippen LogP) is -5.38. The van der Waals surface area contributed by atoms with Crippen molar-refractivity contribution >= 4 is 41.5 Å². The SMILES string of the molecule is CC(=O)N[C@@H]1[C@@H](O)[C@@H](O)[C@@H](CO)O[C@@H]1CCCOCCOCCNC(=O)CCOCC(COCCC(=O)NCCOCCOCCC[C@H]1O[C@H](CO)[C@H](O)[C@H](O)[C@H]1NC(C)=O)(COCCC(=O)NCCOCCOCCC[C@H]1O[C@H](CO)[C@H](O)[C@H](O)[C@H]1NC(C)=O)NC(=O)OCc1ccccc1. The molecule has 0 bridgehead atoms. The maximum atomic E-state index is 13.6. The summed E-state index contributed by atoms with van der Waals surface area (Å²) >= 11 is 0. The van der Waals surface area contributed by atoms with E-state index >= 15 is 0 Å². The van der Waals surface area contributed by atoms with E-state index in [1.165, 1.54) is 20.8 Å². The fourth-order valence-electron chi connectivity index (χ4n) is 11.2. The first-order chi connectivity index (χ1) is 49.1. The minimum absolute atomic E-state index is 0.0995. The zero-order chi connectivity index (χ0) is 74.5. The van der Waals surface area contributed by atoms with Gasteiger partial charge in [-0.25, -0.2) is 4.79 Å². The second kappa shape index (κ2) is 51.6. The summed E-state index contributed by atoms with van der Waals surface area (Å²) in [5, 5.41) is 110. The molecule has 7 amide bonds. The third-order valence-corrected chi connectivity index (χ3v) is 16.5. The van der Waals surface area contributed by atoms with Crippen LogP contribution in [0, 0.1) is 0 Å². The summed E-state index contributed by atoms with van der Waals surface area (Å²) in [6, 6.07) is 6.29. The molecule has 36 heteroatoms. The van der Waals surface area contributed by atoms with Gasteiger partial charge < -0.3 is 145 Å². The fourth-order valence-corrected chi connectivity index (χ4v) is 11.2. The van der Waals surface area contributed by atoms with Crippen molar-refractivity contribution in [3.63, 3.8) is 0 Å². The number of alkyl carbamates (subject to hydrolysis) is 1. The highest BCUT2D eigenvalue weighted by Crippen LogP contribution is 2.27. The van der Waals surface area contributed by atoms with Gasteiger partial charge in [0, 0.05) is 79.5 Å².